The molecule has 0 fully saturated rings. The van der Waals surface area contributed by atoms with Crippen LogP contribution >= 0.6 is 7.82 Å². The number of phosphoric acid groups is 1. The standard InChI is InChI=1S/C24H51O4P.C12H28N2/c1-3-5-7-9-11-13-15-17-19-21-23-27-29(25,26)28-24-22-20-18-16-14-12-10-8-6-4-2;1-2-3-4-5-6-7-8-9-10-11-12(13)14/h3-24H2,1-2H3,(H,25,26);12H,2-11,13-14H2,1H3. The summed E-state index contributed by atoms with van der Waals surface area (Å²) in [6, 6.07) is 0. The van der Waals surface area contributed by atoms with Crippen LogP contribution in [0.25, 0.3) is 0 Å². The summed E-state index contributed by atoms with van der Waals surface area (Å²) in [4.78, 5) is 9.71. The molecule has 0 saturated carbocycles. The highest BCUT2D eigenvalue weighted by molar-refractivity contribution is 7.47. The topological polar surface area (TPSA) is 108 Å². The third-order valence-electron chi connectivity index (χ3n) is 8.15. The molecule has 0 atom stereocenters. The van der Waals surface area contributed by atoms with E-state index in [1.807, 2.05) is 0 Å². The molecule has 0 aromatic carbocycles. The molecular weight excluding hydrogens is 555 g/mol. The molecule has 0 spiro atoms. The van der Waals surface area contributed by atoms with Gasteiger partial charge in [-0.25, -0.2) is 4.57 Å². The lowest BCUT2D eigenvalue weighted by atomic mass is 10.1. The molecule has 0 aliphatic heterocycles. The van der Waals surface area contributed by atoms with Crippen LogP contribution in [0, 0.1) is 0 Å². The summed E-state index contributed by atoms with van der Waals surface area (Å²) >= 11 is 0. The van der Waals surface area contributed by atoms with Crippen LogP contribution < -0.4 is 11.5 Å². The molecule has 5 N–H and O–H groups in total. The van der Waals surface area contributed by atoms with Crippen molar-refractivity contribution < 1.29 is 18.5 Å². The van der Waals surface area contributed by atoms with Crippen LogP contribution in [0.2, 0.25) is 0 Å². The Balaban J connectivity index is 0. The fourth-order valence-corrected chi connectivity index (χ4v) is 6.06. The Hall–Kier alpha value is 0.0300. The Morgan fingerprint density at radius 2 is 0.674 bits per heavy atom. The Kier molecular flexibility index (Phi) is 40.1. The van der Waals surface area contributed by atoms with Crippen molar-refractivity contribution in [3.8, 4) is 0 Å². The summed E-state index contributed by atoms with van der Waals surface area (Å²) in [7, 11) is -3.85. The fraction of sp³-hybridized carbons (Fsp3) is 1.00. The summed E-state index contributed by atoms with van der Waals surface area (Å²) in [6.07, 6.45) is 37.9. The molecule has 0 saturated heterocycles. The fourth-order valence-electron chi connectivity index (χ4n) is 5.27. The van der Waals surface area contributed by atoms with Gasteiger partial charge in [0.2, 0.25) is 0 Å². The van der Waals surface area contributed by atoms with Crippen LogP contribution in [0.15, 0.2) is 0 Å². The third kappa shape index (κ3) is 44.2. The molecular formula is C36H79N2O4P. The van der Waals surface area contributed by atoms with Crippen molar-refractivity contribution in [3.05, 3.63) is 0 Å². The molecule has 0 bridgehead atoms. The van der Waals surface area contributed by atoms with Gasteiger partial charge in [0.25, 0.3) is 0 Å². The van der Waals surface area contributed by atoms with Crippen LogP contribution in [0.4, 0.5) is 0 Å². The first-order chi connectivity index (χ1) is 20.9. The average Bonchev–Trinajstić information content (AvgIpc) is 2.98. The largest absolute Gasteiger partial charge is 0.472 e. The molecule has 0 aromatic heterocycles. The van der Waals surface area contributed by atoms with E-state index in [1.54, 1.807) is 0 Å². The van der Waals surface area contributed by atoms with Crippen molar-refractivity contribution in [2.24, 2.45) is 11.5 Å². The molecule has 7 heteroatoms. The van der Waals surface area contributed by atoms with Gasteiger partial charge in [-0.2, -0.15) is 0 Å². The summed E-state index contributed by atoms with van der Waals surface area (Å²) in [5.74, 6) is 0. The van der Waals surface area contributed by atoms with Crippen LogP contribution in [-0.2, 0) is 13.6 Å². The van der Waals surface area contributed by atoms with Crippen molar-refractivity contribution in [2.75, 3.05) is 13.2 Å². The van der Waals surface area contributed by atoms with Crippen molar-refractivity contribution in [3.63, 3.8) is 0 Å². The minimum atomic E-state index is -3.85. The van der Waals surface area contributed by atoms with Crippen LogP contribution in [0.3, 0.4) is 0 Å². The normalized spacial score (nSPS) is 11.7. The van der Waals surface area contributed by atoms with Crippen molar-refractivity contribution >= 4 is 7.82 Å². The molecule has 0 aliphatic carbocycles. The first kappa shape index (κ1) is 45.2. The minimum absolute atomic E-state index is 0.0976. The van der Waals surface area contributed by atoms with Gasteiger partial charge in [0.15, 0.2) is 0 Å². The summed E-state index contributed by atoms with van der Waals surface area (Å²) < 4.78 is 22.0. The van der Waals surface area contributed by atoms with Crippen LogP contribution in [-0.4, -0.2) is 24.3 Å². The smallest absolute Gasteiger partial charge is 0.316 e. The molecule has 0 radical (unpaired) electrons. The first-order valence-corrected chi connectivity index (χ1v) is 20.5. The Bertz CT molecular complexity index is 521. The zero-order chi connectivity index (χ0) is 32.1. The van der Waals surface area contributed by atoms with E-state index in [9.17, 15) is 9.46 Å². The molecule has 6 nitrogen and oxygen atoms in total. The van der Waals surface area contributed by atoms with Gasteiger partial charge in [-0.3, -0.25) is 9.05 Å². The number of nitrogens with two attached hydrogens (primary N) is 2. The molecule has 262 valence electrons. The maximum Gasteiger partial charge on any atom is 0.472 e. The second kappa shape index (κ2) is 38.2. The average molecular weight is 635 g/mol. The summed E-state index contributed by atoms with van der Waals surface area (Å²) in [6.45, 7) is 7.40. The zero-order valence-electron chi connectivity index (χ0n) is 29.5. The SMILES string of the molecule is CCCCCCCCCCCC(N)N.CCCCCCCCCCCCOP(=O)(O)OCCCCCCCCCCCC. The number of phosphoric ester groups is 1. The maximum atomic E-state index is 11.8. The summed E-state index contributed by atoms with van der Waals surface area (Å²) in [5.41, 5.74) is 10.9. The number of hydrogen-bond acceptors (Lipinski definition) is 5. The van der Waals surface area contributed by atoms with Crippen molar-refractivity contribution in [1.29, 1.82) is 0 Å². The van der Waals surface area contributed by atoms with Crippen molar-refractivity contribution in [1.82, 2.24) is 0 Å². The number of rotatable bonds is 34. The molecule has 0 unspecified atom stereocenters. The van der Waals surface area contributed by atoms with E-state index in [2.05, 4.69) is 20.8 Å². The van der Waals surface area contributed by atoms with Gasteiger partial charge < -0.3 is 16.4 Å². The molecule has 0 heterocycles. The van der Waals surface area contributed by atoms with E-state index < -0.39 is 7.82 Å². The van der Waals surface area contributed by atoms with E-state index in [4.69, 9.17) is 20.5 Å². The van der Waals surface area contributed by atoms with Crippen LogP contribution in [0.5, 0.6) is 0 Å². The quantitative estimate of drug-likeness (QED) is 0.0369. The van der Waals surface area contributed by atoms with Gasteiger partial charge in [0.1, 0.15) is 0 Å². The van der Waals surface area contributed by atoms with E-state index in [0.29, 0.717) is 13.2 Å². The molecule has 0 aliphatic rings. The second-order valence-electron chi connectivity index (χ2n) is 12.8. The lowest BCUT2D eigenvalue weighted by Gasteiger charge is -2.12. The predicted octanol–water partition coefficient (Wildman–Crippen LogP) is 12.1. The van der Waals surface area contributed by atoms with E-state index in [1.165, 1.54) is 161 Å². The number of hydrogen-bond donors (Lipinski definition) is 3. The lowest BCUT2D eigenvalue weighted by Crippen LogP contribution is -2.29. The molecule has 0 aromatic rings. The highest BCUT2D eigenvalue weighted by Crippen LogP contribution is 2.43. The summed E-state index contributed by atoms with van der Waals surface area (Å²) in [5, 5.41) is 0. The third-order valence-corrected chi connectivity index (χ3v) is 9.16. The van der Waals surface area contributed by atoms with Gasteiger partial charge in [-0.1, -0.05) is 194 Å². The van der Waals surface area contributed by atoms with E-state index in [0.717, 1.165) is 32.1 Å². The molecule has 43 heavy (non-hydrogen) atoms. The Labute approximate surface area is 270 Å². The Morgan fingerprint density at radius 1 is 0.442 bits per heavy atom. The van der Waals surface area contributed by atoms with Crippen molar-refractivity contribution in [2.45, 2.75) is 220 Å². The van der Waals surface area contributed by atoms with Gasteiger partial charge in [-0.15, -0.1) is 0 Å². The predicted molar refractivity (Wildman–Crippen MR) is 189 cm³/mol. The van der Waals surface area contributed by atoms with Gasteiger partial charge in [-0.05, 0) is 19.3 Å². The highest BCUT2D eigenvalue weighted by atomic mass is 31.2. The lowest BCUT2D eigenvalue weighted by molar-refractivity contribution is 0.145. The van der Waals surface area contributed by atoms with E-state index in [-0.39, 0.29) is 6.17 Å². The maximum absolute atomic E-state index is 11.8. The van der Waals surface area contributed by atoms with Crippen LogP contribution in [0.1, 0.15) is 213 Å². The monoisotopic (exact) mass is 635 g/mol. The molecule has 0 amide bonds. The van der Waals surface area contributed by atoms with Gasteiger partial charge in [0.05, 0.1) is 19.4 Å². The van der Waals surface area contributed by atoms with Gasteiger partial charge >= 0.3 is 7.82 Å². The Morgan fingerprint density at radius 3 is 0.930 bits per heavy atom. The first-order valence-electron chi connectivity index (χ1n) is 19.0. The molecule has 0 rings (SSSR count). The minimum Gasteiger partial charge on any atom is -0.316 e. The van der Waals surface area contributed by atoms with Gasteiger partial charge in [0, 0.05) is 0 Å². The van der Waals surface area contributed by atoms with E-state index >= 15 is 0 Å². The second-order valence-corrected chi connectivity index (χ2v) is 14.2. The highest BCUT2D eigenvalue weighted by Gasteiger charge is 2.19. The zero-order valence-corrected chi connectivity index (χ0v) is 30.4. The number of unbranched alkanes of at least 4 members (excludes halogenated alkanes) is 26.